The number of nitrogens with zero attached hydrogens (tertiary/aromatic N) is 3. The third kappa shape index (κ3) is 3.27. The van der Waals surface area contributed by atoms with Crippen LogP contribution in [-0.4, -0.2) is 35.3 Å². The molecule has 0 unspecified atom stereocenters. The first kappa shape index (κ1) is 13.0. The second kappa shape index (κ2) is 5.47. The molecule has 0 aliphatic carbocycles. The van der Waals surface area contributed by atoms with Crippen LogP contribution >= 0.6 is 0 Å². The molecule has 1 aliphatic rings. The van der Waals surface area contributed by atoms with Gasteiger partial charge in [-0.25, -0.2) is 4.79 Å². The maximum absolute atomic E-state index is 11.7. The van der Waals surface area contributed by atoms with Gasteiger partial charge in [0.2, 0.25) is 0 Å². The third-order valence-electron chi connectivity index (χ3n) is 2.89. The quantitative estimate of drug-likeness (QED) is 0.654. The smallest absolute Gasteiger partial charge is 0.347 e. The summed E-state index contributed by atoms with van der Waals surface area (Å²) in [7, 11) is 1.89. The number of hydrogen-bond donors (Lipinski definition) is 1. The summed E-state index contributed by atoms with van der Waals surface area (Å²) in [5, 5.41) is 13.1. The molecule has 1 fully saturated rings. The van der Waals surface area contributed by atoms with Crippen LogP contribution in [0.2, 0.25) is 0 Å². The molecule has 0 aromatic heterocycles. The molecule has 2 amide bonds. The number of rotatable bonds is 2. The second-order valence-electron chi connectivity index (χ2n) is 4.29. The Labute approximate surface area is 110 Å². The van der Waals surface area contributed by atoms with Gasteiger partial charge in [-0.1, -0.05) is 0 Å². The van der Waals surface area contributed by atoms with Crippen molar-refractivity contribution in [1.29, 1.82) is 0 Å². The molecule has 2 rings (SSSR count). The summed E-state index contributed by atoms with van der Waals surface area (Å²) in [6.07, 6.45) is 1.80. The molecular weight excluding hydrogens is 248 g/mol. The number of aliphatic imine (C=N–C) groups is 1. The number of carbonyl (C=O) groups is 1. The fourth-order valence-electron chi connectivity index (χ4n) is 1.87. The van der Waals surface area contributed by atoms with E-state index in [1.165, 1.54) is 24.3 Å². The monoisotopic (exact) mass is 262 g/mol. The minimum Gasteiger partial charge on any atom is -0.363 e. The maximum atomic E-state index is 11.7. The zero-order chi connectivity index (χ0) is 13.8. The van der Waals surface area contributed by atoms with Gasteiger partial charge in [-0.2, -0.15) is 4.99 Å². The number of hydrogen-bond acceptors (Lipinski definition) is 3. The van der Waals surface area contributed by atoms with Crippen LogP contribution in [0.5, 0.6) is 0 Å². The van der Waals surface area contributed by atoms with Gasteiger partial charge in [-0.15, -0.1) is 0 Å². The Balaban J connectivity index is 2.01. The molecule has 0 saturated carbocycles. The number of nitro groups is 1. The molecule has 0 atom stereocenters. The first-order chi connectivity index (χ1) is 9.06. The number of non-ortho nitro benzene ring substituents is 1. The minimum absolute atomic E-state index is 0.0140. The van der Waals surface area contributed by atoms with Crippen LogP contribution in [0.4, 0.5) is 16.2 Å². The molecule has 1 aromatic carbocycles. The fraction of sp³-hybridized carbons (Fsp3) is 0.333. The normalized spacial score (nSPS) is 16.7. The molecule has 0 radical (unpaired) electrons. The molecule has 1 saturated heterocycles. The molecule has 1 aliphatic heterocycles. The van der Waals surface area contributed by atoms with E-state index in [4.69, 9.17) is 0 Å². The van der Waals surface area contributed by atoms with E-state index in [0.717, 1.165) is 25.2 Å². The van der Waals surface area contributed by atoms with Crippen molar-refractivity contribution in [2.24, 2.45) is 4.99 Å². The number of likely N-dealkylation sites (tertiary alicyclic amines) is 1. The summed E-state index contributed by atoms with van der Waals surface area (Å²) in [6, 6.07) is 5.18. The maximum Gasteiger partial charge on any atom is 0.347 e. The number of nitrogens with one attached hydrogen (secondary N) is 1. The van der Waals surface area contributed by atoms with Crippen molar-refractivity contribution in [2.45, 2.75) is 12.8 Å². The SMILES string of the molecule is CN1CCCC1=NC(=O)Nc1ccc([N+](=O)[O-])cc1. The summed E-state index contributed by atoms with van der Waals surface area (Å²) >= 11 is 0. The Morgan fingerprint density at radius 2 is 2.11 bits per heavy atom. The molecule has 7 nitrogen and oxygen atoms in total. The average molecular weight is 262 g/mol. The highest BCUT2D eigenvalue weighted by Crippen LogP contribution is 2.16. The van der Waals surface area contributed by atoms with Crippen molar-refractivity contribution >= 4 is 23.2 Å². The van der Waals surface area contributed by atoms with Crippen LogP contribution in [0.25, 0.3) is 0 Å². The number of benzene rings is 1. The Bertz CT molecular complexity index is 524. The highest BCUT2D eigenvalue weighted by molar-refractivity contribution is 6.00. The van der Waals surface area contributed by atoms with Crippen molar-refractivity contribution in [3.8, 4) is 0 Å². The topological polar surface area (TPSA) is 87.8 Å². The van der Waals surface area contributed by atoms with Crippen LogP contribution in [0.1, 0.15) is 12.8 Å². The van der Waals surface area contributed by atoms with Crippen molar-refractivity contribution in [3.05, 3.63) is 34.4 Å². The van der Waals surface area contributed by atoms with E-state index < -0.39 is 11.0 Å². The summed E-state index contributed by atoms with van der Waals surface area (Å²) in [4.78, 5) is 27.6. The van der Waals surface area contributed by atoms with Gasteiger partial charge >= 0.3 is 6.03 Å². The van der Waals surface area contributed by atoms with Gasteiger partial charge in [0.15, 0.2) is 0 Å². The van der Waals surface area contributed by atoms with Crippen LogP contribution < -0.4 is 5.32 Å². The van der Waals surface area contributed by atoms with Gasteiger partial charge in [0.25, 0.3) is 5.69 Å². The van der Waals surface area contributed by atoms with Gasteiger partial charge < -0.3 is 10.2 Å². The molecule has 7 heteroatoms. The summed E-state index contributed by atoms with van der Waals surface area (Å²) in [5.74, 6) is 0.763. The third-order valence-corrected chi connectivity index (χ3v) is 2.89. The van der Waals surface area contributed by atoms with E-state index in [-0.39, 0.29) is 5.69 Å². The Morgan fingerprint density at radius 1 is 1.42 bits per heavy atom. The largest absolute Gasteiger partial charge is 0.363 e. The number of urea groups is 1. The van der Waals surface area contributed by atoms with Crippen LogP contribution in [-0.2, 0) is 0 Å². The summed E-state index contributed by atoms with van der Waals surface area (Å²) < 4.78 is 0. The van der Waals surface area contributed by atoms with Crippen molar-refractivity contribution in [3.63, 3.8) is 0 Å². The van der Waals surface area contributed by atoms with E-state index >= 15 is 0 Å². The van der Waals surface area contributed by atoms with Gasteiger partial charge in [-0.3, -0.25) is 10.1 Å². The lowest BCUT2D eigenvalue weighted by atomic mass is 10.3. The van der Waals surface area contributed by atoms with Gasteiger partial charge in [-0.05, 0) is 18.6 Å². The minimum atomic E-state index is -0.487. The average Bonchev–Trinajstić information content (AvgIpc) is 2.75. The van der Waals surface area contributed by atoms with Crippen molar-refractivity contribution < 1.29 is 9.72 Å². The van der Waals surface area contributed by atoms with E-state index in [2.05, 4.69) is 10.3 Å². The van der Waals surface area contributed by atoms with Crippen LogP contribution in [0, 0.1) is 10.1 Å². The first-order valence-corrected chi connectivity index (χ1v) is 5.90. The molecule has 1 N–H and O–H groups in total. The molecule has 100 valence electrons. The highest BCUT2D eigenvalue weighted by atomic mass is 16.6. The zero-order valence-corrected chi connectivity index (χ0v) is 10.5. The number of nitro benzene ring substituents is 1. The molecular formula is C12H14N4O3. The summed E-state index contributed by atoms with van der Waals surface area (Å²) in [6.45, 7) is 0.906. The lowest BCUT2D eigenvalue weighted by molar-refractivity contribution is -0.384. The lowest BCUT2D eigenvalue weighted by Crippen LogP contribution is -2.21. The lowest BCUT2D eigenvalue weighted by Gasteiger charge is -2.10. The van der Waals surface area contributed by atoms with E-state index in [1.807, 2.05) is 11.9 Å². The van der Waals surface area contributed by atoms with E-state index in [0.29, 0.717) is 5.69 Å². The predicted octanol–water partition coefficient (Wildman–Crippen LogP) is 2.25. The van der Waals surface area contributed by atoms with Crippen LogP contribution in [0.15, 0.2) is 29.3 Å². The van der Waals surface area contributed by atoms with Gasteiger partial charge in [0, 0.05) is 37.8 Å². The zero-order valence-electron chi connectivity index (χ0n) is 10.5. The standard InChI is InChI=1S/C12H14N4O3/c1-15-8-2-3-11(15)14-12(17)13-9-4-6-10(7-5-9)16(18)19/h4-7H,2-3,8H2,1H3,(H,13,17). The molecule has 1 aromatic rings. The summed E-state index contributed by atoms with van der Waals surface area (Å²) in [5.41, 5.74) is 0.473. The second-order valence-corrected chi connectivity index (χ2v) is 4.29. The molecule has 0 bridgehead atoms. The first-order valence-electron chi connectivity index (χ1n) is 5.90. The van der Waals surface area contributed by atoms with Crippen LogP contribution in [0.3, 0.4) is 0 Å². The highest BCUT2D eigenvalue weighted by Gasteiger charge is 2.15. The number of anilines is 1. The Hall–Kier alpha value is -2.44. The molecule has 1 heterocycles. The number of carbonyl (C=O) groups excluding carboxylic acids is 1. The van der Waals surface area contributed by atoms with Crippen molar-refractivity contribution in [2.75, 3.05) is 18.9 Å². The predicted molar refractivity (Wildman–Crippen MR) is 71.4 cm³/mol. The van der Waals surface area contributed by atoms with E-state index in [1.54, 1.807) is 0 Å². The van der Waals surface area contributed by atoms with Gasteiger partial charge in [0.05, 0.1) is 4.92 Å². The fourth-order valence-corrected chi connectivity index (χ4v) is 1.87. The number of amides is 2. The molecule has 19 heavy (non-hydrogen) atoms. The van der Waals surface area contributed by atoms with E-state index in [9.17, 15) is 14.9 Å². The van der Waals surface area contributed by atoms with Crippen molar-refractivity contribution in [1.82, 2.24) is 4.90 Å². The molecule has 0 spiro atoms. The number of amidine groups is 1. The Kier molecular flexibility index (Phi) is 3.74. The Morgan fingerprint density at radius 3 is 2.63 bits per heavy atom. The van der Waals surface area contributed by atoms with Gasteiger partial charge in [0.1, 0.15) is 5.84 Å².